The normalized spacial score (nSPS) is 12.1. The van der Waals surface area contributed by atoms with Crippen LogP contribution in [0.1, 0.15) is 0 Å². The molecule has 0 radical (unpaired) electrons. The zero-order valence-corrected chi connectivity index (χ0v) is 13.1. The largest absolute Gasteiger partial charge is 0.338 e. The SMILES string of the molecule is CS(=O)(=O)c1cccc2[nH]c(-c3csc(Br)c3)nc12. The summed E-state index contributed by atoms with van der Waals surface area (Å²) in [6.07, 6.45) is 1.19. The number of aromatic nitrogens is 2. The van der Waals surface area contributed by atoms with Gasteiger partial charge in [-0.15, -0.1) is 11.3 Å². The molecule has 0 aliphatic carbocycles. The first kappa shape index (κ1) is 12.8. The first-order chi connectivity index (χ1) is 8.95. The Kier molecular flexibility index (Phi) is 2.99. The van der Waals surface area contributed by atoms with E-state index in [9.17, 15) is 8.42 Å². The molecule has 0 amide bonds. The number of aromatic amines is 1. The molecule has 0 fully saturated rings. The van der Waals surface area contributed by atoms with E-state index in [0.717, 1.165) is 14.9 Å². The Hall–Kier alpha value is -1.18. The number of hydrogen-bond donors (Lipinski definition) is 1. The molecule has 0 saturated heterocycles. The second kappa shape index (κ2) is 4.43. The molecule has 0 atom stereocenters. The van der Waals surface area contributed by atoms with E-state index in [2.05, 4.69) is 25.9 Å². The van der Waals surface area contributed by atoms with Crippen LogP contribution >= 0.6 is 27.3 Å². The maximum absolute atomic E-state index is 11.7. The molecule has 7 heteroatoms. The van der Waals surface area contributed by atoms with Gasteiger partial charge in [-0.05, 0) is 34.1 Å². The van der Waals surface area contributed by atoms with Crippen molar-refractivity contribution in [2.75, 3.05) is 6.26 Å². The summed E-state index contributed by atoms with van der Waals surface area (Å²) in [5.41, 5.74) is 2.15. The van der Waals surface area contributed by atoms with Crippen molar-refractivity contribution in [3.8, 4) is 11.4 Å². The van der Waals surface area contributed by atoms with Gasteiger partial charge in [0.05, 0.1) is 14.2 Å². The Bertz CT molecular complexity index is 865. The van der Waals surface area contributed by atoms with Gasteiger partial charge >= 0.3 is 0 Å². The van der Waals surface area contributed by atoms with Crippen molar-refractivity contribution in [3.05, 3.63) is 33.4 Å². The Balaban J connectivity index is 2.27. The third-order valence-corrected chi connectivity index (χ3v) is 5.35. The summed E-state index contributed by atoms with van der Waals surface area (Å²) in [7, 11) is -3.28. The Morgan fingerprint density at radius 1 is 1.37 bits per heavy atom. The minimum Gasteiger partial charge on any atom is -0.338 e. The molecule has 2 aromatic heterocycles. The number of thiophene rings is 1. The van der Waals surface area contributed by atoms with Crippen LogP contribution in [0.15, 0.2) is 38.3 Å². The van der Waals surface area contributed by atoms with E-state index in [1.165, 1.54) is 6.26 Å². The molecule has 0 unspecified atom stereocenters. The third kappa shape index (κ3) is 2.33. The Labute approximate surface area is 122 Å². The molecule has 4 nitrogen and oxygen atoms in total. The van der Waals surface area contributed by atoms with Gasteiger partial charge in [-0.2, -0.15) is 0 Å². The van der Waals surface area contributed by atoms with Crippen LogP contribution < -0.4 is 0 Å². The summed E-state index contributed by atoms with van der Waals surface area (Å²) in [6, 6.07) is 7.06. The topological polar surface area (TPSA) is 62.8 Å². The summed E-state index contributed by atoms with van der Waals surface area (Å²) in [5.74, 6) is 0.674. The molecular weight excluding hydrogens is 348 g/mol. The number of nitrogens with one attached hydrogen (secondary N) is 1. The lowest BCUT2D eigenvalue weighted by molar-refractivity contribution is 0.602. The van der Waals surface area contributed by atoms with Crippen molar-refractivity contribution in [3.63, 3.8) is 0 Å². The van der Waals surface area contributed by atoms with Gasteiger partial charge in [0.2, 0.25) is 0 Å². The van der Waals surface area contributed by atoms with Gasteiger partial charge in [0.1, 0.15) is 11.3 Å². The second-order valence-corrected chi connectivity index (χ2v) is 8.42. The van der Waals surface area contributed by atoms with Crippen molar-refractivity contribution in [2.45, 2.75) is 4.90 Å². The van der Waals surface area contributed by atoms with Gasteiger partial charge in [0.25, 0.3) is 0 Å². The fraction of sp³-hybridized carbons (Fsp3) is 0.0833. The van der Waals surface area contributed by atoms with Crippen molar-refractivity contribution in [1.82, 2.24) is 9.97 Å². The Morgan fingerprint density at radius 3 is 2.79 bits per heavy atom. The van der Waals surface area contributed by atoms with Gasteiger partial charge in [-0.25, -0.2) is 13.4 Å². The highest BCUT2D eigenvalue weighted by Gasteiger charge is 2.16. The van der Waals surface area contributed by atoms with Gasteiger partial charge in [-0.1, -0.05) is 6.07 Å². The standard InChI is InChI=1S/C12H9BrN2O2S2/c1-19(16,17)9-4-2-3-8-11(9)15-12(14-8)7-5-10(13)18-6-7/h2-6H,1H3,(H,14,15). The summed E-state index contributed by atoms with van der Waals surface area (Å²) < 4.78 is 24.5. The quantitative estimate of drug-likeness (QED) is 0.764. The zero-order chi connectivity index (χ0) is 13.6. The van der Waals surface area contributed by atoms with E-state index in [-0.39, 0.29) is 4.90 Å². The van der Waals surface area contributed by atoms with Crippen LogP contribution in [-0.4, -0.2) is 24.6 Å². The molecule has 1 N–H and O–H groups in total. The molecular formula is C12H9BrN2O2S2. The number of fused-ring (bicyclic) bond motifs is 1. The molecule has 19 heavy (non-hydrogen) atoms. The molecule has 0 spiro atoms. The van der Waals surface area contributed by atoms with Crippen LogP contribution in [-0.2, 0) is 9.84 Å². The number of benzene rings is 1. The fourth-order valence-corrected chi connectivity index (χ4v) is 3.85. The predicted molar refractivity (Wildman–Crippen MR) is 80.2 cm³/mol. The number of para-hydroxylation sites is 1. The van der Waals surface area contributed by atoms with Gasteiger partial charge in [-0.3, -0.25) is 0 Å². The van der Waals surface area contributed by atoms with Crippen LogP contribution in [0.5, 0.6) is 0 Å². The van der Waals surface area contributed by atoms with Crippen LogP contribution in [0.25, 0.3) is 22.4 Å². The first-order valence-corrected chi connectivity index (χ1v) is 8.95. The van der Waals surface area contributed by atoms with Crippen molar-refractivity contribution in [2.24, 2.45) is 0 Å². The van der Waals surface area contributed by atoms with Crippen molar-refractivity contribution < 1.29 is 8.42 Å². The average molecular weight is 357 g/mol. The highest BCUT2D eigenvalue weighted by atomic mass is 79.9. The first-order valence-electron chi connectivity index (χ1n) is 5.38. The summed E-state index contributed by atoms with van der Waals surface area (Å²) >= 11 is 4.96. The van der Waals surface area contributed by atoms with E-state index in [4.69, 9.17) is 0 Å². The number of sulfone groups is 1. The average Bonchev–Trinajstić information content (AvgIpc) is 2.92. The Morgan fingerprint density at radius 2 is 2.16 bits per heavy atom. The predicted octanol–water partition coefficient (Wildman–Crippen LogP) is 3.46. The van der Waals surface area contributed by atoms with Gasteiger partial charge in [0.15, 0.2) is 9.84 Å². The van der Waals surface area contributed by atoms with Gasteiger partial charge in [0, 0.05) is 17.2 Å². The lowest BCUT2D eigenvalue weighted by atomic mass is 10.3. The maximum atomic E-state index is 11.7. The fourth-order valence-electron chi connectivity index (χ4n) is 1.88. The van der Waals surface area contributed by atoms with Crippen LogP contribution in [0, 0.1) is 0 Å². The molecule has 1 aromatic carbocycles. The minimum absolute atomic E-state index is 0.252. The monoisotopic (exact) mass is 356 g/mol. The lowest BCUT2D eigenvalue weighted by Gasteiger charge is -1.97. The van der Waals surface area contributed by atoms with Crippen molar-refractivity contribution >= 4 is 48.1 Å². The molecule has 0 saturated carbocycles. The maximum Gasteiger partial charge on any atom is 0.177 e. The molecule has 0 aliphatic heterocycles. The van der Waals surface area contributed by atoms with E-state index < -0.39 is 9.84 Å². The number of H-pyrrole nitrogens is 1. The zero-order valence-electron chi connectivity index (χ0n) is 9.84. The molecule has 3 rings (SSSR count). The number of hydrogen-bond acceptors (Lipinski definition) is 4. The van der Waals surface area contributed by atoms with E-state index in [0.29, 0.717) is 11.3 Å². The molecule has 2 heterocycles. The third-order valence-electron chi connectivity index (χ3n) is 2.72. The van der Waals surface area contributed by atoms with E-state index in [1.54, 1.807) is 23.5 Å². The van der Waals surface area contributed by atoms with E-state index >= 15 is 0 Å². The molecule has 0 aliphatic rings. The number of rotatable bonds is 2. The highest BCUT2D eigenvalue weighted by molar-refractivity contribution is 9.11. The molecule has 0 bridgehead atoms. The highest BCUT2D eigenvalue weighted by Crippen LogP contribution is 2.30. The van der Waals surface area contributed by atoms with Crippen LogP contribution in [0.4, 0.5) is 0 Å². The number of imidazole rings is 1. The van der Waals surface area contributed by atoms with Crippen LogP contribution in [0.2, 0.25) is 0 Å². The summed E-state index contributed by atoms with van der Waals surface area (Å²) in [6.45, 7) is 0. The molecule has 98 valence electrons. The summed E-state index contributed by atoms with van der Waals surface area (Å²) in [5, 5.41) is 1.96. The smallest absolute Gasteiger partial charge is 0.177 e. The summed E-state index contributed by atoms with van der Waals surface area (Å²) in [4.78, 5) is 7.81. The number of halogens is 1. The van der Waals surface area contributed by atoms with Crippen molar-refractivity contribution in [1.29, 1.82) is 0 Å². The minimum atomic E-state index is -3.28. The lowest BCUT2D eigenvalue weighted by Crippen LogP contribution is -1.97. The second-order valence-electron chi connectivity index (χ2n) is 4.15. The molecule has 3 aromatic rings. The van der Waals surface area contributed by atoms with Crippen LogP contribution in [0.3, 0.4) is 0 Å². The van der Waals surface area contributed by atoms with Gasteiger partial charge < -0.3 is 4.98 Å². The van der Waals surface area contributed by atoms with E-state index in [1.807, 2.05) is 17.5 Å². The number of nitrogens with zero attached hydrogens (tertiary/aromatic N) is 1.